The first kappa shape index (κ1) is 17.4. The van der Waals surface area contributed by atoms with E-state index in [2.05, 4.69) is 15.5 Å². The average molecular weight is 382 g/mol. The van der Waals surface area contributed by atoms with Gasteiger partial charge in [-0.15, -0.1) is 10.2 Å². The second-order valence-corrected chi connectivity index (χ2v) is 6.15. The highest BCUT2D eigenvalue weighted by molar-refractivity contribution is 7.99. The van der Waals surface area contributed by atoms with Crippen molar-refractivity contribution in [2.24, 2.45) is 0 Å². The van der Waals surface area contributed by atoms with E-state index in [1.165, 1.54) is 6.07 Å². The van der Waals surface area contributed by atoms with Gasteiger partial charge >= 0.3 is 0 Å². The summed E-state index contributed by atoms with van der Waals surface area (Å²) in [6, 6.07) is 10.1. The van der Waals surface area contributed by atoms with E-state index >= 15 is 0 Å². The third-order valence-corrected chi connectivity index (χ3v) is 4.19. The molecular formula is C16H10ClF2N3O2S. The summed E-state index contributed by atoms with van der Waals surface area (Å²) in [6.45, 7) is 0. The van der Waals surface area contributed by atoms with Gasteiger partial charge in [-0.2, -0.15) is 0 Å². The molecule has 0 aliphatic heterocycles. The highest BCUT2D eigenvalue weighted by Crippen LogP contribution is 2.28. The Morgan fingerprint density at radius 2 is 1.96 bits per heavy atom. The number of hydrogen-bond donors (Lipinski definition) is 1. The molecule has 0 saturated carbocycles. The Morgan fingerprint density at radius 3 is 2.72 bits per heavy atom. The molecule has 9 heteroatoms. The summed E-state index contributed by atoms with van der Waals surface area (Å²) < 4.78 is 31.4. The number of benzene rings is 2. The van der Waals surface area contributed by atoms with E-state index in [0.717, 1.165) is 23.9 Å². The summed E-state index contributed by atoms with van der Waals surface area (Å²) >= 11 is 7.07. The van der Waals surface area contributed by atoms with Crippen molar-refractivity contribution in [3.63, 3.8) is 0 Å². The van der Waals surface area contributed by atoms with Crippen LogP contribution in [-0.2, 0) is 4.79 Å². The lowest BCUT2D eigenvalue weighted by Gasteiger charge is -2.04. The summed E-state index contributed by atoms with van der Waals surface area (Å²) in [7, 11) is 0. The van der Waals surface area contributed by atoms with Gasteiger partial charge in [-0.05, 0) is 24.3 Å². The van der Waals surface area contributed by atoms with Crippen LogP contribution in [0.3, 0.4) is 0 Å². The largest absolute Gasteiger partial charge is 0.411 e. The Labute approximate surface area is 150 Å². The van der Waals surface area contributed by atoms with Crippen LogP contribution in [0.25, 0.3) is 11.5 Å². The Kier molecular flexibility index (Phi) is 5.30. The Balaban J connectivity index is 1.59. The highest BCUT2D eigenvalue weighted by Gasteiger charge is 2.13. The van der Waals surface area contributed by atoms with E-state index in [0.29, 0.717) is 10.6 Å². The number of amides is 1. The van der Waals surface area contributed by atoms with Gasteiger partial charge in [-0.25, -0.2) is 8.78 Å². The van der Waals surface area contributed by atoms with Gasteiger partial charge in [-0.3, -0.25) is 4.79 Å². The van der Waals surface area contributed by atoms with Crippen molar-refractivity contribution in [1.29, 1.82) is 0 Å². The van der Waals surface area contributed by atoms with Crippen LogP contribution in [0.4, 0.5) is 14.5 Å². The zero-order valence-electron chi connectivity index (χ0n) is 12.5. The summed E-state index contributed by atoms with van der Waals surface area (Å²) in [5, 5.41) is 10.8. The van der Waals surface area contributed by atoms with Crippen LogP contribution < -0.4 is 5.32 Å². The third-order valence-electron chi connectivity index (χ3n) is 3.04. The number of nitrogens with one attached hydrogen (secondary N) is 1. The second kappa shape index (κ2) is 7.62. The number of halogens is 3. The summed E-state index contributed by atoms with van der Waals surface area (Å²) in [4.78, 5) is 11.9. The lowest BCUT2D eigenvalue weighted by molar-refractivity contribution is -0.113. The van der Waals surface area contributed by atoms with Gasteiger partial charge in [0.15, 0.2) is 11.6 Å². The van der Waals surface area contributed by atoms with Crippen LogP contribution in [-0.4, -0.2) is 21.9 Å². The molecule has 0 saturated heterocycles. The summed E-state index contributed by atoms with van der Waals surface area (Å²) in [5.74, 6) is -2.23. The second-order valence-electron chi connectivity index (χ2n) is 4.82. The van der Waals surface area contributed by atoms with Gasteiger partial charge in [0.05, 0.1) is 16.3 Å². The Bertz CT molecular complexity index is 920. The Morgan fingerprint density at radius 1 is 1.16 bits per heavy atom. The molecular weight excluding hydrogens is 372 g/mol. The van der Waals surface area contributed by atoms with Crippen molar-refractivity contribution in [2.75, 3.05) is 11.1 Å². The zero-order valence-corrected chi connectivity index (χ0v) is 14.1. The maximum atomic E-state index is 13.1. The van der Waals surface area contributed by atoms with E-state index in [1.54, 1.807) is 24.3 Å². The maximum Gasteiger partial charge on any atom is 0.277 e. The van der Waals surface area contributed by atoms with Crippen molar-refractivity contribution < 1.29 is 18.0 Å². The SMILES string of the molecule is O=C(CSc1nnc(-c2ccccc2Cl)o1)Nc1ccc(F)c(F)c1. The third kappa shape index (κ3) is 4.34. The predicted octanol–water partition coefficient (Wildman–Crippen LogP) is 4.40. The van der Waals surface area contributed by atoms with Crippen LogP contribution in [0.2, 0.25) is 5.02 Å². The number of anilines is 1. The molecule has 0 aliphatic carbocycles. The molecule has 3 aromatic rings. The number of nitrogens with zero attached hydrogens (tertiary/aromatic N) is 2. The first-order valence-electron chi connectivity index (χ1n) is 6.99. The average Bonchev–Trinajstić information content (AvgIpc) is 3.05. The van der Waals surface area contributed by atoms with Gasteiger partial charge in [0, 0.05) is 11.8 Å². The minimum Gasteiger partial charge on any atom is -0.411 e. The molecule has 25 heavy (non-hydrogen) atoms. The molecule has 3 rings (SSSR count). The van der Waals surface area contributed by atoms with Crippen molar-refractivity contribution in [1.82, 2.24) is 10.2 Å². The highest BCUT2D eigenvalue weighted by atomic mass is 35.5. The molecule has 0 atom stereocenters. The topological polar surface area (TPSA) is 68.0 Å². The number of aromatic nitrogens is 2. The fourth-order valence-corrected chi connectivity index (χ4v) is 2.69. The molecule has 0 bridgehead atoms. The van der Waals surface area contributed by atoms with Gasteiger partial charge in [0.2, 0.25) is 11.8 Å². The van der Waals surface area contributed by atoms with Crippen molar-refractivity contribution in [3.8, 4) is 11.5 Å². The van der Waals surface area contributed by atoms with Gasteiger partial charge in [-0.1, -0.05) is 35.5 Å². The molecule has 128 valence electrons. The van der Waals surface area contributed by atoms with Crippen LogP contribution >= 0.6 is 23.4 Å². The molecule has 1 amide bonds. The number of thioether (sulfide) groups is 1. The first-order valence-corrected chi connectivity index (χ1v) is 8.35. The first-order chi connectivity index (χ1) is 12.0. The molecule has 1 N–H and O–H groups in total. The molecule has 0 aliphatic rings. The maximum absolute atomic E-state index is 13.1. The molecule has 0 radical (unpaired) electrons. The summed E-state index contributed by atoms with van der Waals surface area (Å²) in [5.41, 5.74) is 0.751. The normalized spacial score (nSPS) is 10.7. The van der Waals surface area contributed by atoms with Gasteiger partial charge < -0.3 is 9.73 Å². The fraction of sp³-hybridized carbons (Fsp3) is 0.0625. The van der Waals surface area contributed by atoms with E-state index < -0.39 is 17.5 Å². The van der Waals surface area contributed by atoms with Crippen LogP contribution in [0, 0.1) is 11.6 Å². The molecule has 1 heterocycles. The molecule has 2 aromatic carbocycles. The molecule has 0 unspecified atom stereocenters. The standard InChI is InChI=1S/C16H10ClF2N3O2S/c17-11-4-2-1-3-10(11)15-21-22-16(24-15)25-8-14(23)20-9-5-6-12(18)13(19)7-9/h1-7H,8H2,(H,20,23). The Hall–Kier alpha value is -2.45. The minimum atomic E-state index is -1.04. The number of rotatable bonds is 5. The quantitative estimate of drug-likeness (QED) is 0.663. The number of carbonyl (C=O) groups excluding carboxylic acids is 1. The van der Waals surface area contributed by atoms with Gasteiger partial charge in [0.1, 0.15) is 0 Å². The number of hydrogen-bond acceptors (Lipinski definition) is 5. The van der Waals surface area contributed by atoms with E-state index in [4.69, 9.17) is 16.0 Å². The lowest BCUT2D eigenvalue weighted by atomic mass is 10.2. The lowest BCUT2D eigenvalue weighted by Crippen LogP contribution is -2.14. The predicted molar refractivity (Wildman–Crippen MR) is 90.5 cm³/mol. The zero-order chi connectivity index (χ0) is 17.8. The smallest absolute Gasteiger partial charge is 0.277 e. The fourth-order valence-electron chi connectivity index (χ4n) is 1.91. The van der Waals surface area contributed by atoms with Crippen molar-refractivity contribution in [3.05, 3.63) is 59.1 Å². The van der Waals surface area contributed by atoms with E-state index in [-0.39, 0.29) is 22.6 Å². The molecule has 5 nitrogen and oxygen atoms in total. The van der Waals surface area contributed by atoms with Gasteiger partial charge in [0.25, 0.3) is 5.22 Å². The molecule has 0 fully saturated rings. The van der Waals surface area contributed by atoms with Crippen molar-refractivity contribution >= 4 is 35.0 Å². The van der Waals surface area contributed by atoms with Crippen LogP contribution in [0.5, 0.6) is 0 Å². The molecule has 0 spiro atoms. The van der Waals surface area contributed by atoms with E-state index in [1.807, 2.05) is 0 Å². The monoisotopic (exact) mass is 381 g/mol. The minimum absolute atomic E-state index is 0.0385. The van der Waals surface area contributed by atoms with Crippen molar-refractivity contribution in [2.45, 2.75) is 5.22 Å². The van der Waals surface area contributed by atoms with Crippen LogP contribution in [0.15, 0.2) is 52.1 Å². The van der Waals surface area contributed by atoms with E-state index in [9.17, 15) is 13.6 Å². The van der Waals surface area contributed by atoms with Crippen LogP contribution in [0.1, 0.15) is 0 Å². The molecule has 1 aromatic heterocycles. The summed E-state index contributed by atoms with van der Waals surface area (Å²) in [6.07, 6.45) is 0. The number of carbonyl (C=O) groups is 1.